The van der Waals surface area contributed by atoms with Gasteiger partial charge in [0.15, 0.2) is 0 Å². The molecule has 1 aromatic heterocycles. The monoisotopic (exact) mass is 382 g/mol. The summed E-state index contributed by atoms with van der Waals surface area (Å²) in [4.78, 5) is 0. The van der Waals surface area contributed by atoms with Gasteiger partial charge in [-0.2, -0.15) is 9.67 Å². The Hall–Kier alpha value is -3.86. The van der Waals surface area contributed by atoms with Crippen LogP contribution in [-0.2, 0) is 7.05 Å². The molecular formula is C24H24N5+. The lowest BCUT2D eigenvalue weighted by Crippen LogP contribution is -2.34. The highest BCUT2D eigenvalue weighted by atomic mass is 15.4. The second kappa shape index (κ2) is 8.02. The van der Waals surface area contributed by atoms with Crippen LogP contribution in [0.5, 0.6) is 0 Å². The van der Waals surface area contributed by atoms with E-state index in [9.17, 15) is 0 Å². The van der Waals surface area contributed by atoms with Crippen molar-refractivity contribution in [2.45, 2.75) is 0 Å². The summed E-state index contributed by atoms with van der Waals surface area (Å²) in [6.45, 7) is 0. The van der Waals surface area contributed by atoms with Crippen LogP contribution < -0.4 is 20.6 Å². The Morgan fingerprint density at radius 1 is 0.862 bits per heavy atom. The number of hydrazone groups is 1. The number of anilines is 4. The second-order valence-electron chi connectivity index (χ2n) is 6.94. The standard InChI is InChI=1S/C24H23N5/c1-28-23(14-7-18-5-3-4-6-24(18)28)17-26-29(2)22-15-12-21(13-16-22)27-20-10-8-19(25)9-11-20/h3-17,25-26H,1-2H3/p+1. The van der Waals surface area contributed by atoms with E-state index in [4.69, 9.17) is 5.73 Å². The number of nitrogens with zero attached hydrogens (tertiary/aromatic N) is 3. The molecule has 0 aliphatic heterocycles. The summed E-state index contributed by atoms with van der Waals surface area (Å²) in [5.41, 5.74) is 11.7. The number of hydrogen-bond acceptors (Lipinski definition) is 4. The highest BCUT2D eigenvalue weighted by Crippen LogP contribution is 2.21. The van der Waals surface area contributed by atoms with E-state index in [2.05, 4.69) is 58.4 Å². The van der Waals surface area contributed by atoms with Gasteiger partial charge in [-0.1, -0.05) is 12.1 Å². The maximum Gasteiger partial charge on any atom is 0.225 e. The molecule has 0 bridgehead atoms. The van der Waals surface area contributed by atoms with E-state index in [0.29, 0.717) is 0 Å². The van der Waals surface area contributed by atoms with Crippen molar-refractivity contribution >= 4 is 39.9 Å². The number of rotatable bonds is 5. The summed E-state index contributed by atoms with van der Waals surface area (Å²) in [5.74, 6) is 0. The number of nitrogens with two attached hydrogens (primary N) is 1. The number of nitrogen functional groups attached to an aromatic ring is 1. The molecule has 29 heavy (non-hydrogen) atoms. The first kappa shape index (κ1) is 18.5. The third-order valence-electron chi connectivity index (χ3n) is 4.92. The first-order valence-electron chi connectivity index (χ1n) is 9.48. The molecule has 0 radical (unpaired) electrons. The lowest BCUT2D eigenvalue weighted by atomic mass is 10.2. The Balaban J connectivity index is 1.47. The predicted molar refractivity (Wildman–Crippen MR) is 122 cm³/mol. The minimum absolute atomic E-state index is 0.755. The van der Waals surface area contributed by atoms with Crippen molar-refractivity contribution in [1.29, 1.82) is 0 Å². The quantitative estimate of drug-likeness (QED) is 0.232. The molecule has 0 aliphatic carbocycles. The van der Waals surface area contributed by atoms with Crippen LogP contribution in [-0.4, -0.2) is 13.3 Å². The third-order valence-corrected chi connectivity index (χ3v) is 4.92. The van der Waals surface area contributed by atoms with E-state index in [-0.39, 0.29) is 0 Å². The Kier molecular flexibility index (Phi) is 5.12. The molecule has 0 unspecified atom stereocenters. The smallest absolute Gasteiger partial charge is 0.225 e. The summed E-state index contributed by atoms with van der Waals surface area (Å²) in [6, 6.07) is 28.4. The van der Waals surface area contributed by atoms with Crippen LogP contribution in [0.4, 0.5) is 22.7 Å². The van der Waals surface area contributed by atoms with Gasteiger partial charge >= 0.3 is 0 Å². The number of para-hydroxylation sites is 1. The van der Waals surface area contributed by atoms with Gasteiger partial charge in [-0.15, -0.1) is 0 Å². The number of hydrogen-bond donors (Lipinski definition) is 2. The minimum atomic E-state index is 0.755. The van der Waals surface area contributed by atoms with Crippen LogP contribution in [0.15, 0.2) is 90.0 Å². The maximum absolute atomic E-state index is 5.73. The highest BCUT2D eigenvalue weighted by Gasteiger charge is 2.09. The van der Waals surface area contributed by atoms with Crippen molar-refractivity contribution in [3.05, 3.63) is 90.6 Å². The number of aryl methyl sites for hydroxylation is 1. The van der Waals surface area contributed by atoms with E-state index >= 15 is 0 Å². The molecule has 4 rings (SSSR count). The number of benzene rings is 3. The summed E-state index contributed by atoms with van der Waals surface area (Å²) in [6.07, 6.45) is 1.88. The lowest BCUT2D eigenvalue weighted by molar-refractivity contribution is -0.645. The predicted octanol–water partition coefficient (Wildman–Crippen LogP) is 4.46. The molecule has 4 aromatic rings. The topological polar surface area (TPSA) is 57.5 Å². The van der Waals surface area contributed by atoms with E-state index in [0.717, 1.165) is 28.4 Å². The minimum Gasteiger partial charge on any atom is -0.399 e. The summed E-state index contributed by atoms with van der Waals surface area (Å²) in [5, 5.41) is 11.0. The molecule has 0 saturated carbocycles. The molecule has 0 atom stereocenters. The van der Waals surface area contributed by atoms with Gasteiger partial charge in [0.2, 0.25) is 11.2 Å². The Morgan fingerprint density at radius 2 is 1.52 bits per heavy atom. The van der Waals surface area contributed by atoms with Gasteiger partial charge < -0.3 is 11.1 Å². The van der Waals surface area contributed by atoms with Crippen LogP contribution in [0, 0.1) is 0 Å². The lowest BCUT2D eigenvalue weighted by Gasteiger charge is -2.14. The van der Waals surface area contributed by atoms with E-state index in [1.54, 1.807) is 0 Å². The molecule has 144 valence electrons. The normalized spacial score (nSPS) is 11.1. The largest absolute Gasteiger partial charge is 0.399 e. The Morgan fingerprint density at radius 3 is 2.24 bits per heavy atom. The Labute approximate surface area is 170 Å². The van der Waals surface area contributed by atoms with Crippen molar-refractivity contribution in [2.75, 3.05) is 23.1 Å². The van der Waals surface area contributed by atoms with E-state index < -0.39 is 0 Å². The van der Waals surface area contributed by atoms with Gasteiger partial charge in [0, 0.05) is 41.6 Å². The van der Waals surface area contributed by atoms with Crippen molar-refractivity contribution in [2.24, 2.45) is 12.1 Å². The van der Waals surface area contributed by atoms with Crippen LogP contribution in [0.25, 0.3) is 10.9 Å². The second-order valence-corrected chi connectivity index (χ2v) is 6.94. The molecule has 5 nitrogen and oxygen atoms in total. The molecule has 0 fully saturated rings. The first-order valence-corrected chi connectivity index (χ1v) is 9.48. The molecule has 1 heterocycles. The van der Waals surface area contributed by atoms with Crippen LogP contribution in [0.2, 0.25) is 0 Å². The maximum atomic E-state index is 5.73. The van der Waals surface area contributed by atoms with Crippen molar-refractivity contribution in [3.8, 4) is 0 Å². The Bertz CT molecular complexity index is 1150. The number of aromatic nitrogens is 1. The fourth-order valence-corrected chi connectivity index (χ4v) is 3.20. The number of nitrogens with one attached hydrogen (secondary N) is 1. The van der Waals surface area contributed by atoms with Gasteiger partial charge in [-0.3, -0.25) is 5.01 Å². The van der Waals surface area contributed by atoms with Crippen LogP contribution in [0.3, 0.4) is 0 Å². The van der Waals surface area contributed by atoms with Gasteiger partial charge in [0.25, 0.3) is 0 Å². The SMILES string of the molecule is CN(/N=C/c1ccc2ccccc2[n+]1C)c1ccc(Nc2ccc(N)cc2)cc1. The summed E-state index contributed by atoms with van der Waals surface area (Å²) < 4.78 is 2.15. The average molecular weight is 382 g/mol. The van der Waals surface area contributed by atoms with Crippen molar-refractivity contribution in [3.63, 3.8) is 0 Å². The van der Waals surface area contributed by atoms with E-state index in [1.165, 1.54) is 10.9 Å². The number of pyridine rings is 1. The molecule has 0 aliphatic rings. The zero-order valence-electron chi connectivity index (χ0n) is 16.6. The van der Waals surface area contributed by atoms with Crippen molar-refractivity contribution in [1.82, 2.24) is 0 Å². The summed E-state index contributed by atoms with van der Waals surface area (Å²) >= 11 is 0. The molecule has 0 spiro atoms. The first-order chi connectivity index (χ1) is 14.1. The van der Waals surface area contributed by atoms with Crippen LogP contribution in [0.1, 0.15) is 5.69 Å². The zero-order chi connectivity index (χ0) is 20.2. The van der Waals surface area contributed by atoms with Gasteiger partial charge in [-0.25, -0.2) is 0 Å². The molecule has 3 aromatic carbocycles. The third kappa shape index (κ3) is 4.19. The molecule has 0 amide bonds. The zero-order valence-corrected chi connectivity index (χ0v) is 16.6. The van der Waals surface area contributed by atoms with Crippen molar-refractivity contribution < 1.29 is 4.57 Å². The van der Waals surface area contributed by atoms with Gasteiger partial charge in [0.1, 0.15) is 13.3 Å². The molecule has 0 saturated heterocycles. The molecule has 3 N–H and O–H groups in total. The summed E-state index contributed by atoms with van der Waals surface area (Å²) in [7, 11) is 4.00. The highest BCUT2D eigenvalue weighted by molar-refractivity contribution is 5.81. The molecular weight excluding hydrogens is 358 g/mol. The number of fused-ring (bicyclic) bond motifs is 1. The van der Waals surface area contributed by atoms with Gasteiger partial charge in [0.05, 0.1) is 5.69 Å². The fraction of sp³-hybridized carbons (Fsp3) is 0.0833. The van der Waals surface area contributed by atoms with Crippen LogP contribution >= 0.6 is 0 Å². The average Bonchev–Trinajstić information content (AvgIpc) is 2.75. The molecule has 5 heteroatoms. The fourth-order valence-electron chi connectivity index (χ4n) is 3.20. The van der Waals surface area contributed by atoms with E-state index in [1.807, 2.05) is 66.8 Å². The van der Waals surface area contributed by atoms with Gasteiger partial charge in [-0.05, 0) is 60.7 Å².